The van der Waals surface area contributed by atoms with Gasteiger partial charge in [0, 0.05) is 11.8 Å². The van der Waals surface area contributed by atoms with Crippen molar-refractivity contribution in [3.8, 4) is 5.75 Å². The molecule has 1 atom stereocenters. The third-order valence-electron chi connectivity index (χ3n) is 2.57. The zero-order chi connectivity index (χ0) is 11.0. The van der Waals surface area contributed by atoms with Crippen LogP contribution in [-0.2, 0) is 4.79 Å². The molecule has 0 bridgehead atoms. The summed E-state index contributed by atoms with van der Waals surface area (Å²) < 4.78 is 0. The van der Waals surface area contributed by atoms with E-state index in [4.69, 9.17) is 4.84 Å². The van der Waals surface area contributed by atoms with Crippen molar-refractivity contribution in [2.75, 3.05) is 0 Å². The molecule has 5 heteroatoms. The van der Waals surface area contributed by atoms with Crippen molar-refractivity contribution >= 4 is 5.91 Å². The van der Waals surface area contributed by atoms with Gasteiger partial charge in [-0.25, -0.2) is 0 Å². The molecule has 0 saturated heterocycles. The molecule has 5 nitrogen and oxygen atoms in total. The average molecular weight is 215 g/mol. The fourth-order valence-electron chi connectivity index (χ4n) is 1.84. The number of hydrogen-bond acceptors (Lipinski definition) is 3. The van der Waals surface area contributed by atoms with E-state index in [-0.39, 0.29) is 5.91 Å². The Balaban J connectivity index is 2.14. The Morgan fingerprint density at radius 1 is 1.25 bits per heavy atom. The molecule has 0 spiro atoms. The first kappa shape index (κ1) is 8.96. The lowest BCUT2D eigenvalue weighted by atomic mass is 9.93. The van der Waals surface area contributed by atoms with Gasteiger partial charge in [-0.05, 0) is 12.1 Å². The molecule has 16 heavy (non-hydrogen) atoms. The highest BCUT2D eigenvalue weighted by molar-refractivity contribution is 5.88. The molecule has 1 amide bonds. The second-order valence-corrected chi connectivity index (χ2v) is 3.54. The molecule has 0 fully saturated rings. The van der Waals surface area contributed by atoms with E-state index in [1.165, 1.54) is 0 Å². The summed E-state index contributed by atoms with van der Waals surface area (Å²) in [6, 6.07) is 9.20. The maximum Gasteiger partial charge on any atom is 0.266 e. The number of nitrogens with one attached hydrogen (secondary N) is 2. The Morgan fingerprint density at radius 2 is 2.12 bits per heavy atom. The van der Waals surface area contributed by atoms with Crippen LogP contribution >= 0.6 is 0 Å². The van der Waals surface area contributed by atoms with Crippen molar-refractivity contribution in [1.82, 2.24) is 15.7 Å². The van der Waals surface area contributed by atoms with Crippen LogP contribution in [-0.4, -0.2) is 16.1 Å². The Hall–Kier alpha value is -2.30. The third-order valence-corrected chi connectivity index (χ3v) is 2.57. The summed E-state index contributed by atoms with van der Waals surface area (Å²) in [5, 5.41) is 6.76. The van der Waals surface area contributed by atoms with Gasteiger partial charge in [-0.1, -0.05) is 18.2 Å². The van der Waals surface area contributed by atoms with E-state index < -0.39 is 5.92 Å². The van der Waals surface area contributed by atoms with E-state index in [0.717, 1.165) is 5.56 Å². The average Bonchev–Trinajstić information content (AvgIpc) is 2.82. The van der Waals surface area contributed by atoms with Gasteiger partial charge in [0.2, 0.25) is 0 Å². The zero-order valence-corrected chi connectivity index (χ0v) is 8.31. The van der Waals surface area contributed by atoms with Crippen molar-refractivity contribution in [2.24, 2.45) is 0 Å². The van der Waals surface area contributed by atoms with Crippen molar-refractivity contribution < 1.29 is 9.63 Å². The lowest BCUT2D eigenvalue weighted by Crippen LogP contribution is -2.37. The van der Waals surface area contributed by atoms with Gasteiger partial charge in [-0.15, -0.1) is 0 Å². The quantitative estimate of drug-likeness (QED) is 0.744. The number of nitrogens with zero attached hydrogens (tertiary/aromatic N) is 1. The summed E-state index contributed by atoms with van der Waals surface area (Å²) in [6.45, 7) is 0. The molecule has 0 radical (unpaired) electrons. The van der Waals surface area contributed by atoms with Crippen LogP contribution in [0.4, 0.5) is 0 Å². The van der Waals surface area contributed by atoms with Crippen molar-refractivity contribution in [3.63, 3.8) is 0 Å². The molecular formula is C11H9N3O2. The molecular weight excluding hydrogens is 206 g/mol. The summed E-state index contributed by atoms with van der Waals surface area (Å²) in [6.07, 6.45) is 1.70. The van der Waals surface area contributed by atoms with E-state index in [9.17, 15) is 4.79 Å². The fraction of sp³-hybridized carbons (Fsp3) is 0.0909. The maximum absolute atomic E-state index is 11.8. The number of aromatic amines is 1. The number of fused-ring (bicyclic) bond motifs is 1. The molecule has 1 aromatic heterocycles. The lowest BCUT2D eigenvalue weighted by molar-refractivity contribution is -0.129. The first-order valence-corrected chi connectivity index (χ1v) is 4.91. The zero-order valence-electron chi connectivity index (χ0n) is 8.31. The predicted molar refractivity (Wildman–Crippen MR) is 55.6 cm³/mol. The van der Waals surface area contributed by atoms with Gasteiger partial charge >= 0.3 is 0 Å². The van der Waals surface area contributed by atoms with Crippen molar-refractivity contribution in [3.05, 3.63) is 47.8 Å². The molecule has 2 N–H and O–H groups in total. The number of rotatable bonds is 1. The highest BCUT2D eigenvalue weighted by atomic mass is 16.7. The summed E-state index contributed by atoms with van der Waals surface area (Å²) in [7, 11) is 0. The minimum absolute atomic E-state index is 0.203. The molecule has 1 aliphatic rings. The van der Waals surface area contributed by atoms with Gasteiger partial charge < -0.3 is 4.84 Å². The van der Waals surface area contributed by atoms with E-state index >= 15 is 0 Å². The first-order valence-electron chi connectivity index (χ1n) is 4.91. The van der Waals surface area contributed by atoms with Crippen LogP contribution in [0.1, 0.15) is 17.2 Å². The van der Waals surface area contributed by atoms with Gasteiger partial charge in [0.05, 0.1) is 5.69 Å². The first-order chi connectivity index (χ1) is 7.86. The summed E-state index contributed by atoms with van der Waals surface area (Å²) >= 11 is 0. The number of hydrogen-bond donors (Lipinski definition) is 2. The van der Waals surface area contributed by atoms with E-state index in [0.29, 0.717) is 11.4 Å². The van der Waals surface area contributed by atoms with Gasteiger partial charge in [0.15, 0.2) is 5.75 Å². The number of amides is 1. The summed E-state index contributed by atoms with van der Waals surface area (Å²) in [4.78, 5) is 16.9. The lowest BCUT2D eigenvalue weighted by Gasteiger charge is -2.23. The molecule has 80 valence electrons. The minimum Gasteiger partial charge on any atom is -0.379 e. The van der Waals surface area contributed by atoms with Gasteiger partial charge in [-0.2, -0.15) is 10.6 Å². The van der Waals surface area contributed by atoms with Crippen LogP contribution in [0, 0.1) is 0 Å². The Bertz CT molecular complexity index is 522. The van der Waals surface area contributed by atoms with Crippen LogP contribution in [0.15, 0.2) is 36.5 Å². The van der Waals surface area contributed by atoms with E-state index in [1.807, 2.05) is 24.3 Å². The Kier molecular flexibility index (Phi) is 1.89. The van der Waals surface area contributed by atoms with Crippen LogP contribution < -0.4 is 10.3 Å². The van der Waals surface area contributed by atoms with Gasteiger partial charge in [0.1, 0.15) is 5.92 Å². The number of carbonyl (C=O) groups excluding carboxylic acids is 1. The van der Waals surface area contributed by atoms with Crippen LogP contribution in [0.5, 0.6) is 5.75 Å². The summed E-state index contributed by atoms with van der Waals surface area (Å²) in [5.41, 5.74) is 3.90. The smallest absolute Gasteiger partial charge is 0.266 e. The topological polar surface area (TPSA) is 67.0 Å². The standard InChI is InChI=1S/C11H9N3O2/c15-11-10(8-5-6-12-13-8)7-3-1-2-4-9(7)16-14-11/h1-6,10H,(H,12,13)(H,14,15). The van der Waals surface area contributed by atoms with Crippen molar-refractivity contribution in [1.29, 1.82) is 0 Å². The molecule has 1 aliphatic heterocycles. The number of benzene rings is 1. The van der Waals surface area contributed by atoms with E-state index in [2.05, 4.69) is 15.7 Å². The molecule has 0 saturated carbocycles. The number of para-hydroxylation sites is 1. The second kappa shape index (κ2) is 3.37. The second-order valence-electron chi connectivity index (χ2n) is 3.54. The largest absolute Gasteiger partial charge is 0.379 e. The predicted octanol–water partition coefficient (Wildman–Crippen LogP) is 0.965. The summed E-state index contributed by atoms with van der Waals surface area (Å²) in [5.74, 6) is 0.0529. The number of carbonyl (C=O) groups is 1. The number of hydroxylamine groups is 1. The Labute approximate surface area is 91.4 Å². The third kappa shape index (κ3) is 1.25. The highest BCUT2D eigenvalue weighted by Gasteiger charge is 2.31. The number of H-pyrrole nitrogens is 1. The van der Waals surface area contributed by atoms with E-state index in [1.54, 1.807) is 12.3 Å². The molecule has 1 aromatic carbocycles. The highest BCUT2D eigenvalue weighted by Crippen LogP contribution is 2.33. The SMILES string of the molecule is O=C1NOc2ccccc2C1c1cc[nH]n1. The molecule has 3 rings (SSSR count). The molecule has 1 unspecified atom stereocenters. The minimum atomic E-state index is -0.406. The van der Waals surface area contributed by atoms with Gasteiger partial charge in [0.25, 0.3) is 5.91 Å². The Morgan fingerprint density at radius 3 is 2.94 bits per heavy atom. The fourth-order valence-corrected chi connectivity index (χ4v) is 1.84. The monoisotopic (exact) mass is 215 g/mol. The van der Waals surface area contributed by atoms with Crippen LogP contribution in [0.3, 0.4) is 0 Å². The molecule has 2 heterocycles. The van der Waals surface area contributed by atoms with Crippen LogP contribution in [0.25, 0.3) is 0 Å². The van der Waals surface area contributed by atoms with Crippen molar-refractivity contribution in [2.45, 2.75) is 5.92 Å². The van der Waals surface area contributed by atoms with Gasteiger partial charge in [-0.3, -0.25) is 9.89 Å². The van der Waals surface area contributed by atoms with Crippen LogP contribution in [0.2, 0.25) is 0 Å². The normalized spacial score (nSPS) is 18.5. The molecule has 2 aromatic rings. The molecule has 0 aliphatic carbocycles. The number of aromatic nitrogens is 2. The maximum atomic E-state index is 11.8.